The third kappa shape index (κ3) is 3.54. The van der Waals surface area contributed by atoms with Crippen LogP contribution in [0, 0.1) is 5.92 Å². The van der Waals surface area contributed by atoms with Gasteiger partial charge in [-0.15, -0.1) is 0 Å². The fourth-order valence-corrected chi connectivity index (χ4v) is 2.02. The highest BCUT2D eigenvalue weighted by Gasteiger charge is 2.36. The van der Waals surface area contributed by atoms with Gasteiger partial charge in [0.1, 0.15) is 6.10 Å². The van der Waals surface area contributed by atoms with Crippen molar-refractivity contribution in [2.75, 3.05) is 7.11 Å². The molecule has 2 N–H and O–H groups in total. The van der Waals surface area contributed by atoms with Crippen molar-refractivity contribution >= 4 is 11.9 Å². The first-order valence-corrected chi connectivity index (χ1v) is 6.24. The predicted molar refractivity (Wildman–Crippen MR) is 68.8 cm³/mol. The van der Waals surface area contributed by atoms with E-state index in [9.17, 15) is 9.59 Å². The molecule has 1 aromatic rings. The highest BCUT2D eigenvalue weighted by atomic mass is 16.5. The lowest BCUT2D eigenvalue weighted by atomic mass is 10.1. The Hall–Kier alpha value is -1.88. The van der Waals surface area contributed by atoms with Crippen molar-refractivity contribution in [2.45, 2.75) is 25.5 Å². The number of amides is 1. The number of carbonyl (C=O) groups is 2. The van der Waals surface area contributed by atoms with E-state index in [0.717, 1.165) is 18.4 Å². The standard InChI is InChI=1S/C14H17NO4/c1-19-12(10-5-6-10)13(16)15-8-9-3-2-4-11(7-9)14(17)18/h2-4,7,10,12H,5-6,8H2,1H3,(H,15,16)(H,17,18). The van der Waals surface area contributed by atoms with Crippen LogP contribution < -0.4 is 5.32 Å². The molecule has 0 radical (unpaired) electrons. The third-order valence-corrected chi connectivity index (χ3v) is 3.20. The zero-order chi connectivity index (χ0) is 13.8. The van der Waals surface area contributed by atoms with E-state index in [2.05, 4.69) is 5.32 Å². The van der Waals surface area contributed by atoms with Gasteiger partial charge in [0.05, 0.1) is 5.56 Å². The lowest BCUT2D eigenvalue weighted by Gasteiger charge is -2.14. The van der Waals surface area contributed by atoms with Crippen LogP contribution in [0.3, 0.4) is 0 Å². The summed E-state index contributed by atoms with van der Waals surface area (Å²) < 4.78 is 5.18. The van der Waals surface area contributed by atoms with Crippen LogP contribution in [-0.4, -0.2) is 30.2 Å². The maximum Gasteiger partial charge on any atom is 0.335 e. The second-order valence-corrected chi connectivity index (χ2v) is 4.72. The van der Waals surface area contributed by atoms with E-state index < -0.39 is 5.97 Å². The summed E-state index contributed by atoms with van der Waals surface area (Å²) >= 11 is 0. The van der Waals surface area contributed by atoms with Gasteiger partial charge in [-0.1, -0.05) is 12.1 Å². The van der Waals surface area contributed by atoms with E-state index in [1.54, 1.807) is 18.2 Å². The minimum atomic E-state index is -0.971. The first-order valence-electron chi connectivity index (χ1n) is 6.24. The monoisotopic (exact) mass is 263 g/mol. The lowest BCUT2D eigenvalue weighted by molar-refractivity contribution is -0.132. The Bertz CT molecular complexity index is 482. The number of benzene rings is 1. The van der Waals surface area contributed by atoms with Gasteiger partial charge < -0.3 is 15.2 Å². The van der Waals surface area contributed by atoms with Crippen molar-refractivity contribution in [3.8, 4) is 0 Å². The quantitative estimate of drug-likeness (QED) is 0.814. The van der Waals surface area contributed by atoms with Gasteiger partial charge in [-0.3, -0.25) is 4.79 Å². The van der Waals surface area contributed by atoms with Gasteiger partial charge in [-0.25, -0.2) is 4.79 Å². The van der Waals surface area contributed by atoms with Crippen molar-refractivity contribution in [3.63, 3.8) is 0 Å². The molecule has 0 saturated heterocycles. The number of carboxylic acids is 1. The molecule has 0 aromatic heterocycles. The van der Waals surface area contributed by atoms with Crippen LogP contribution in [0.25, 0.3) is 0 Å². The first kappa shape index (κ1) is 13.5. The van der Waals surface area contributed by atoms with Gasteiger partial charge in [0, 0.05) is 13.7 Å². The van der Waals surface area contributed by atoms with Crippen molar-refractivity contribution in [1.29, 1.82) is 0 Å². The van der Waals surface area contributed by atoms with Crippen molar-refractivity contribution < 1.29 is 19.4 Å². The topological polar surface area (TPSA) is 75.6 Å². The van der Waals surface area contributed by atoms with Gasteiger partial charge in [-0.05, 0) is 36.5 Å². The fraction of sp³-hybridized carbons (Fsp3) is 0.429. The zero-order valence-electron chi connectivity index (χ0n) is 10.8. The lowest BCUT2D eigenvalue weighted by Crippen LogP contribution is -2.36. The van der Waals surface area contributed by atoms with Gasteiger partial charge in [-0.2, -0.15) is 0 Å². The molecule has 1 fully saturated rings. The van der Waals surface area contributed by atoms with E-state index in [0.29, 0.717) is 12.5 Å². The fourth-order valence-electron chi connectivity index (χ4n) is 2.02. The molecule has 1 aliphatic rings. The second kappa shape index (κ2) is 5.84. The molecule has 0 spiro atoms. The molecular weight excluding hydrogens is 246 g/mol. The summed E-state index contributed by atoms with van der Waals surface area (Å²) in [6, 6.07) is 6.53. The number of ether oxygens (including phenoxy) is 1. The highest BCUT2D eigenvalue weighted by molar-refractivity contribution is 5.87. The molecule has 1 saturated carbocycles. The molecule has 1 amide bonds. The number of aromatic carboxylic acids is 1. The number of hydrogen-bond donors (Lipinski definition) is 2. The summed E-state index contributed by atoms with van der Waals surface area (Å²) in [5, 5.41) is 11.7. The summed E-state index contributed by atoms with van der Waals surface area (Å²) in [5.74, 6) is -0.776. The number of nitrogens with one attached hydrogen (secondary N) is 1. The van der Waals surface area contributed by atoms with E-state index in [1.165, 1.54) is 13.2 Å². The first-order chi connectivity index (χ1) is 9.11. The Kier molecular flexibility index (Phi) is 4.16. The van der Waals surface area contributed by atoms with Crippen LogP contribution in [0.4, 0.5) is 0 Å². The van der Waals surface area contributed by atoms with Gasteiger partial charge in [0.25, 0.3) is 0 Å². The molecule has 19 heavy (non-hydrogen) atoms. The van der Waals surface area contributed by atoms with Crippen LogP contribution >= 0.6 is 0 Å². The minimum Gasteiger partial charge on any atom is -0.478 e. The molecule has 5 nitrogen and oxygen atoms in total. The maximum absolute atomic E-state index is 11.9. The summed E-state index contributed by atoms with van der Waals surface area (Å²) in [7, 11) is 1.54. The number of carbonyl (C=O) groups excluding carboxylic acids is 1. The Morgan fingerprint density at radius 3 is 2.79 bits per heavy atom. The Labute approximate surface area is 111 Å². The Morgan fingerprint density at radius 2 is 2.21 bits per heavy atom. The molecule has 1 atom stereocenters. The molecule has 0 aliphatic heterocycles. The summed E-state index contributed by atoms with van der Waals surface area (Å²) in [6.07, 6.45) is 1.67. The molecule has 0 heterocycles. The average Bonchev–Trinajstić information content (AvgIpc) is 3.22. The van der Waals surface area contributed by atoms with Gasteiger partial charge in [0.15, 0.2) is 0 Å². The van der Waals surface area contributed by atoms with E-state index >= 15 is 0 Å². The van der Waals surface area contributed by atoms with Crippen LogP contribution in [0.1, 0.15) is 28.8 Å². The summed E-state index contributed by atoms with van der Waals surface area (Å²) in [6.45, 7) is 0.312. The Morgan fingerprint density at radius 1 is 1.47 bits per heavy atom. The normalized spacial score (nSPS) is 15.8. The Balaban J connectivity index is 1.92. The molecule has 5 heteroatoms. The largest absolute Gasteiger partial charge is 0.478 e. The predicted octanol–water partition coefficient (Wildman–Crippen LogP) is 1.43. The number of rotatable bonds is 6. The van der Waals surface area contributed by atoms with E-state index in [-0.39, 0.29) is 17.6 Å². The summed E-state index contributed by atoms with van der Waals surface area (Å²) in [5.41, 5.74) is 0.983. The van der Waals surface area contributed by atoms with E-state index in [4.69, 9.17) is 9.84 Å². The van der Waals surface area contributed by atoms with Crippen LogP contribution in [0.15, 0.2) is 24.3 Å². The molecule has 1 aromatic carbocycles. The molecule has 2 rings (SSSR count). The van der Waals surface area contributed by atoms with Crippen LogP contribution in [-0.2, 0) is 16.1 Å². The van der Waals surface area contributed by atoms with Gasteiger partial charge >= 0.3 is 5.97 Å². The van der Waals surface area contributed by atoms with Crippen molar-refractivity contribution in [3.05, 3.63) is 35.4 Å². The summed E-state index contributed by atoms with van der Waals surface area (Å²) in [4.78, 5) is 22.7. The zero-order valence-corrected chi connectivity index (χ0v) is 10.8. The molecule has 1 aliphatic carbocycles. The van der Waals surface area contributed by atoms with Crippen molar-refractivity contribution in [1.82, 2.24) is 5.32 Å². The van der Waals surface area contributed by atoms with Crippen LogP contribution in [0.2, 0.25) is 0 Å². The molecule has 0 bridgehead atoms. The molecule has 1 unspecified atom stereocenters. The van der Waals surface area contributed by atoms with Gasteiger partial charge in [0.2, 0.25) is 5.91 Å². The second-order valence-electron chi connectivity index (χ2n) is 4.72. The van der Waals surface area contributed by atoms with E-state index in [1.807, 2.05) is 0 Å². The highest BCUT2D eigenvalue weighted by Crippen LogP contribution is 2.34. The number of hydrogen-bond acceptors (Lipinski definition) is 3. The average molecular weight is 263 g/mol. The maximum atomic E-state index is 11.9. The number of carboxylic acid groups (broad SMARTS) is 1. The SMILES string of the molecule is COC(C(=O)NCc1cccc(C(=O)O)c1)C1CC1. The third-order valence-electron chi connectivity index (χ3n) is 3.20. The van der Waals surface area contributed by atoms with Crippen LogP contribution in [0.5, 0.6) is 0 Å². The van der Waals surface area contributed by atoms with Crippen molar-refractivity contribution in [2.24, 2.45) is 5.92 Å². The minimum absolute atomic E-state index is 0.134. The molecular formula is C14H17NO4. The number of methoxy groups -OCH3 is 1. The smallest absolute Gasteiger partial charge is 0.335 e. The molecule has 102 valence electrons.